The molecule has 0 aliphatic heterocycles. The molecule has 20 heavy (non-hydrogen) atoms. The van der Waals surface area contributed by atoms with Crippen LogP contribution in [0.5, 0.6) is 0 Å². The maximum Gasteiger partial charge on any atom is 0.323 e. The van der Waals surface area contributed by atoms with Crippen molar-refractivity contribution < 1.29 is 9.90 Å². The minimum atomic E-state index is -1.02. The molecule has 2 aromatic rings. The normalized spacial score (nSPS) is 18.2. The van der Waals surface area contributed by atoms with Crippen molar-refractivity contribution in [1.29, 1.82) is 0 Å². The molecule has 1 atom stereocenters. The first kappa shape index (κ1) is 13.3. The number of rotatable bonds is 2. The standard InChI is InChI=1S/C14H16N2O3S/c1-7-3-4-9-10(5-7)20-13-12(9)14(19)16(6-11(17)18)8(2)15-13/h7H,3-6H2,1-2H3,(H,17,18). The van der Waals surface area contributed by atoms with E-state index in [4.69, 9.17) is 5.11 Å². The zero-order valence-corrected chi connectivity index (χ0v) is 12.3. The maximum atomic E-state index is 12.6. The molecule has 0 amide bonds. The van der Waals surface area contributed by atoms with Crippen LogP contribution in [-0.4, -0.2) is 20.6 Å². The predicted molar refractivity (Wildman–Crippen MR) is 77.4 cm³/mol. The highest BCUT2D eigenvalue weighted by Crippen LogP contribution is 2.35. The molecule has 106 valence electrons. The van der Waals surface area contributed by atoms with Crippen LogP contribution in [0.2, 0.25) is 0 Å². The number of hydrogen-bond donors (Lipinski definition) is 1. The number of aromatic nitrogens is 2. The first-order chi connectivity index (χ1) is 9.47. The van der Waals surface area contributed by atoms with Crippen LogP contribution >= 0.6 is 11.3 Å². The molecule has 0 spiro atoms. The molecule has 1 N–H and O–H groups in total. The van der Waals surface area contributed by atoms with Crippen molar-refractivity contribution in [2.75, 3.05) is 0 Å². The van der Waals surface area contributed by atoms with Crippen molar-refractivity contribution >= 4 is 27.5 Å². The zero-order chi connectivity index (χ0) is 14.4. The lowest BCUT2D eigenvalue weighted by atomic mass is 9.89. The second-order valence-electron chi connectivity index (χ2n) is 5.48. The van der Waals surface area contributed by atoms with E-state index in [9.17, 15) is 9.59 Å². The van der Waals surface area contributed by atoms with Crippen molar-refractivity contribution in [2.24, 2.45) is 5.92 Å². The van der Waals surface area contributed by atoms with Crippen LogP contribution < -0.4 is 5.56 Å². The van der Waals surface area contributed by atoms with Crippen LogP contribution in [0.25, 0.3) is 10.2 Å². The number of carbonyl (C=O) groups is 1. The van der Waals surface area contributed by atoms with Gasteiger partial charge >= 0.3 is 5.97 Å². The minimum Gasteiger partial charge on any atom is -0.480 e. The van der Waals surface area contributed by atoms with Crippen molar-refractivity contribution in [1.82, 2.24) is 9.55 Å². The lowest BCUT2D eigenvalue weighted by molar-refractivity contribution is -0.137. The number of thiophene rings is 1. The van der Waals surface area contributed by atoms with E-state index in [1.807, 2.05) is 0 Å². The van der Waals surface area contributed by atoms with Crippen LogP contribution in [0.4, 0.5) is 0 Å². The highest BCUT2D eigenvalue weighted by Gasteiger charge is 2.24. The summed E-state index contributed by atoms with van der Waals surface area (Å²) in [6.07, 6.45) is 2.96. The molecule has 3 rings (SSSR count). The molecule has 0 saturated carbocycles. The van der Waals surface area contributed by atoms with Crippen molar-refractivity contribution in [3.63, 3.8) is 0 Å². The van der Waals surface area contributed by atoms with Crippen LogP contribution in [0.15, 0.2) is 4.79 Å². The molecular formula is C14H16N2O3S. The van der Waals surface area contributed by atoms with Gasteiger partial charge in [0.2, 0.25) is 0 Å². The Morgan fingerprint density at radius 2 is 2.30 bits per heavy atom. The van der Waals surface area contributed by atoms with Crippen molar-refractivity contribution in [2.45, 2.75) is 39.7 Å². The van der Waals surface area contributed by atoms with E-state index in [1.54, 1.807) is 18.3 Å². The Bertz CT molecular complexity index is 760. The van der Waals surface area contributed by atoms with Gasteiger partial charge < -0.3 is 5.11 Å². The lowest BCUT2D eigenvalue weighted by Crippen LogP contribution is -2.27. The van der Waals surface area contributed by atoms with Gasteiger partial charge in [-0.25, -0.2) is 4.98 Å². The molecule has 0 bridgehead atoms. The molecule has 0 fully saturated rings. The van der Waals surface area contributed by atoms with Gasteiger partial charge in [0, 0.05) is 4.88 Å². The maximum absolute atomic E-state index is 12.6. The summed E-state index contributed by atoms with van der Waals surface area (Å²) in [5.41, 5.74) is 0.890. The van der Waals surface area contributed by atoms with E-state index in [0.717, 1.165) is 29.7 Å². The number of nitrogens with zero attached hydrogens (tertiary/aromatic N) is 2. The third kappa shape index (κ3) is 2.04. The Kier molecular flexibility index (Phi) is 3.12. The van der Waals surface area contributed by atoms with Crippen molar-refractivity contribution in [3.05, 3.63) is 26.6 Å². The van der Waals surface area contributed by atoms with Gasteiger partial charge in [-0.1, -0.05) is 6.92 Å². The highest BCUT2D eigenvalue weighted by molar-refractivity contribution is 7.18. The average molecular weight is 292 g/mol. The van der Waals surface area contributed by atoms with Crippen LogP contribution in [0.3, 0.4) is 0 Å². The number of hydrogen-bond acceptors (Lipinski definition) is 4. The quantitative estimate of drug-likeness (QED) is 0.918. The Morgan fingerprint density at radius 1 is 1.55 bits per heavy atom. The number of carboxylic acids is 1. The van der Waals surface area contributed by atoms with Crippen LogP contribution in [-0.2, 0) is 24.2 Å². The van der Waals surface area contributed by atoms with Gasteiger partial charge in [0.1, 0.15) is 17.2 Å². The Labute approximate surface area is 119 Å². The average Bonchev–Trinajstić information content (AvgIpc) is 2.71. The molecule has 1 aliphatic carbocycles. The fourth-order valence-electron chi connectivity index (χ4n) is 2.85. The summed E-state index contributed by atoms with van der Waals surface area (Å²) in [5.74, 6) is 0.0866. The third-order valence-corrected chi connectivity index (χ3v) is 5.05. The number of aryl methyl sites for hydroxylation is 2. The smallest absolute Gasteiger partial charge is 0.323 e. The van der Waals surface area contributed by atoms with Gasteiger partial charge in [-0.3, -0.25) is 14.2 Å². The topological polar surface area (TPSA) is 72.2 Å². The first-order valence-corrected chi connectivity index (χ1v) is 7.52. The molecule has 6 heteroatoms. The van der Waals surface area contributed by atoms with E-state index >= 15 is 0 Å². The minimum absolute atomic E-state index is 0.207. The second kappa shape index (κ2) is 4.70. The van der Waals surface area contributed by atoms with E-state index in [-0.39, 0.29) is 12.1 Å². The molecule has 0 saturated heterocycles. The van der Waals surface area contributed by atoms with Gasteiger partial charge in [-0.2, -0.15) is 0 Å². The monoisotopic (exact) mass is 292 g/mol. The molecule has 5 nitrogen and oxygen atoms in total. The summed E-state index contributed by atoms with van der Waals surface area (Å²) in [6.45, 7) is 3.58. The largest absolute Gasteiger partial charge is 0.480 e. The van der Waals surface area contributed by atoms with Gasteiger partial charge in [0.15, 0.2) is 0 Å². The van der Waals surface area contributed by atoms with Crippen LogP contribution in [0.1, 0.15) is 29.6 Å². The first-order valence-electron chi connectivity index (χ1n) is 6.71. The number of aliphatic carboxylic acids is 1. The van der Waals surface area contributed by atoms with Gasteiger partial charge in [-0.15, -0.1) is 11.3 Å². The SMILES string of the molecule is Cc1nc2sc3c(c2c(=O)n1CC(=O)O)CCC(C)C3. The van der Waals surface area contributed by atoms with Gasteiger partial charge in [-0.05, 0) is 37.7 Å². The predicted octanol–water partition coefficient (Wildman–Crippen LogP) is 1.98. The van der Waals surface area contributed by atoms with E-state index in [0.29, 0.717) is 17.1 Å². The molecule has 0 aromatic carbocycles. The third-order valence-electron chi connectivity index (χ3n) is 3.90. The zero-order valence-electron chi connectivity index (χ0n) is 11.5. The van der Waals surface area contributed by atoms with Crippen molar-refractivity contribution in [3.8, 4) is 0 Å². The highest BCUT2D eigenvalue weighted by atomic mass is 32.1. The molecule has 2 heterocycles. The van der Waals surface area contributed by atoms with E-state index < -0.39 is 5.97 Å². The summed E-state index contributed by atoms with van der Waals surface area (Å²) < 4.78 is 1.26. The van der Waals surface area contributed by atoms with Gasteiger partial charge in [0.05, 0.1) is 5.39 Å². The summed E-state index contributed by atoms with van der Waals surface area (Å²) in [4.78, 5) is 29.9. The molecule has 1 aliphatic rings. The number of carboxylic acid groups (broad SMARTS) is 1. The lowest BCUT2D eigenvalue weighted by Gasteiger charge is -2.17. The fraction of sp³-hybridized carbons (Fsp3) is 0.500. The Hall–Kier alpha value is -1.69. The molecule has 1 unspecified atom stereocenters. The Balaban J connectivity index is 2.26. The summed E-state index contributed by atoms with van der Waals surface area (Å²) in [6, 6.07) is 0. The van der Waals surface area contributed by atoms with E-state index in [1.165, 1.54) is 9.44 Å². The second-order valence-corrected chi connectivity index (χ2v) is 6.56. The summed E-state index contributed by atoms with van der Waals surface area (Å²) >= 11 is 1.59. The summed E-state index contributed by atoms with van der Waals surface area (Å²) in [7, 11) is 0. The van der Waals surface area contributed by atoms with E-state index in [2.05, 4.69) is 11.9 Å². The summed E-state index contributed by atoms with van der Waals surface area (Å²) in [5, 5.41) is 9.57. The molecule has 0 radical (unpaired) electrons. The fourth-order valence-corrected chi connectivity index (χ4v) is 4.27. The Morgan fingerprint density at radius 3 is 3.00 bits per heavy atom. The molecule has 2 aromatic heterocycles. The van der Waals surface area contributed by atoms with Gasteiger partial charge in [0.25, 0.3) is 5.56 Å². The van der Waals surface area contributed by atoms with Crippen LogP contribution in [0, 0.1) is 12.8 Å². The molecular weight excluding hydrogens is 276 g/mol. The number of fused-ring (bicyclic) bond motifs is 3.